The zero-order chi connectivity index (χ0) is 19.0. The van der Waals surface area contributed by atoms with E-state index in [2.05, 4.69) is 61.8 Å². The van der Waals surface area contributed by atoms with Crippen LogP contribution in [0.2, 0.25) is 0 Å². The second-order valence-corrected chi connectivity index (χ2v) is 8.79. The summed E-state index contributed by atoms with van der Waals surface area (Å²) in [5, 5.41) is 13.1. The summed E-state index contributed by atoms with van der Waals surface area (Å²) in [5.74, 6) is 0.783. The lowest BCUT2D eigenvalue weighted by Crippen LogP contribution is -2.25. The van der Waals surface area contributed by atoms with Crippen LogP contribution in [-0.2, 0) is 7.05 Å². The fourth-order valence-corrected chi connectivity index (χ4v) is 4.36. The minimum absolute atomic E-state index is 0.179. The van der Waals surface area contributed by atoms with Crippen LogP contribution in [0, 0.1) is 18.3 Å². The zero-order valence-electron chi connectivity index (χ0n) is 15.4. The van der Waals surface area contributed by atoms with Crippen molar-refractivity contribution in [3.8, 4) is 6.07 Å². The maximum atomic E-state index is 9.70. The first-order valence-corrected chi connectivity index (χ1v) is 10.2. The molecule has 0 radical (unpaired) electrons. The predicted octanol–water partition coefficient (Wildman–Crippen LogP) is 4.09. The summed E-state index contributed by atoms with van der Waals surface area (Å²) in [4.78, 5) is 11.0. The zero-order valence-corrected chi connectivity index (χ0v) is 17.5. The lowest BCUT2D eigenvalue weighted by atomic mass is 10.0. The molecule has 0 saturated carbocycles. The molecule has 1 aliphatic heterocycles. The Morgan fingerprint density at radius 2 is 2.19 bits per heavy atom. The topological polar surface area (TPSA) is 69.8 Å². The van der Waals surface area contributed by atoms with E-state index in [0.717, 1.165) is 53.2 Å². The minimum Gasteiger partial charge on any atom is -0.340 e. The standard InChI is InChI=1S/C20H21IN6/c1-13-7-14(19(9-22)27-6-5-15(21)11-27)3-4-16(13)25-20-8-18-17(10-23-20)24-12-26(18)2/h3-4,7-8,10,12,15,19H,5-6,11H2,1-2H3,(H,23,25). The fraction of sp³-hybridized carbons (Fsp3) is 0.350. The van der Waals surface area contributed by atoms with Crippen molar-refractivity contribution >= 4 is 45.1 Å². The summed E-state index contributed by atoms with van der Waals surface area (Å²) in [6.45, 7) is 4.03. The maximum absolute atomic E-state index is 9.70. The van der Waals surface area contributed by atoms with Crippen molar-refractivity contribution in [3.63, 3.8) is 0 Å². The van der Waals surface area contributed by atoms with Gasteiger partial charge in [-0.15, -0.1) is 0 Å². The number of nitrogens with one attached hydrogen (secondary N) is 1. The highest BCUT2D eigenvalue weighted by Crippen LogP contribution is 2.30. The molecule has 1 aromatic carbocycles. The van der Waals surface area contributed by atoms with Crippen LogP contribution < -0.4 is 5.32 Å². The van der Waals surface area contributed by atoms with Gasteiger partial charge in [-0.25, -0.2) is 9.97 Å². The van der Waals surface area contributed by atoms with Crippen LogP contribution in [0.1, 0.15) is 23.6 Å². The van der Waals surface area contributed by atoms with Crippen molar-refractivity contribution in [2.24, 2.45) is 7.05 Å². The molecule has 0 bridgehead atoms. The van der Waals surface area contributed by atoms with Gasteiger partial charge in [0.25, 0.3) is 0 Å². The first-order valence-electron chi connectivity index (χ1n) is 8.97. The summed E-state index contributed by atoms with van der Waals surface area (Å²) in [7, 11) is 1.97. The minimum atomic E-state index is -0.179. The number of aromatic nitrogens is 3. The molecule has 3 heterocycles. The van der Waals surface area contributed by atoms with E-state index >= 15 is 0 Å². The number of rotatable bonds is 4. The molecule has 7 heteroatoms. The second kappa shape index (κ2) is 7.44. The number of imidazole rings is 1. The Hall–Kier alpha value is -2.18. The van der Waals surface area contributed by atoms with Crippen molar-refractivity contribution in [3.05, 3.63) is 47.9 Å². The lowest BCUT2D eigenvalue weighted by molar-refractivity contribution is 0.296. The van der Waals surface area contributed by atoms with Crippen LogP contribution in [0.15, 0.2) is 36.8 Å². The first-order chi connectivity index (χ1) is 13.0. The molecule has 2 unspecified atom stereocenters. The van der Waals surface area contributed by atoms with E-state index in [1.54, 1.807) is 12.5 Å². The molecule has 3 aromatic rings. The molecule has 4 rings (SSSR count). The molecule has 0 amide bonds. The summed E-state index contributed by atoms with van der Waals surface area (Å²) in [6.07, 6.45) is 4.72. The number of halogens is 1. The van der Waals surface area contributed by atoms with Crippen LogP contribution in [0.3, 0.4) is 0 Å². The van der Waals surface area contributed by atoms with Gasteiger partial charge in [0.05, 0.1) is 24.1 Å². The van der Waals surface area contributed by atoms with Gasteiger partial charge >= 0.3 is 0 Å². The van der Waals surface area contributed by atoms with Crippen molar-refractivity contribution in [1.29, 1.82) is 5.26 Å². The normalized spacial score (nSPS) is 18.5. The Morgan fingerprint density at radius 1 is 1.33 bits per heavy atom. The van der Waals surface area contributed by atoms with Gasteiger partial charge in [0.2, 0.25) is 0 Å². The summed E-state index contributed by atoms with van der Waals surface area (Å²) >= 11 is 2.47. The molecule has 0 aliphatic carbocycles. The highest BCUT2D eigenvalue weighted by atomic mass is 127. The van der Waals surface area contributed by atoms with Crippen LogP contribution in [-0.4, -0.2) is 36.4 Å². The van der Waals surface area contributed by atoms with E-state index in [1.807, 2.05) is 29.8 Å². The molecule has 2 atom stereocenters. The largest absolute Gasteiger partial charge is 0.340 e. The van der Waals surface area contributed by atoms with Crippen molar-refractivity contribution < 1.29 is 0 Å². The van der Waals surface area contributed by atoms with Crippen LogP contribution in [0.25, 0.3) is 11.0 Å². The van der Waals surface area contributed by atoms with Crippen LogP contribution >= 0.6 is 22.6 Å². The smallest absolute Gasteiger partial charge is 0.132 e. The monoisotopic (exact) mass is 472 g/mol. The molecule has 1 saturated heterocycles. The van der Waals surface area contributed by atoms with E-state index in [1.165, 1.54) is 0 Å². The lowest BCUT2D eigenvalue weighted by Gasteiger charge is -2.22. The van der Waals surface area contributed by atoms with E-state index in [0.29, 0.717) is 3.92 Å². The Morgan fingerprint density at radius 3 is 2.89 bits per heavy atom. The number of anilines is 2. The summed E-state index contributed by atoms with van der Waals surface area (Å²) in [6, 6.07) is 10.5. The van der Waals surface area contributed by atoms with Gasteiger partial charge in [-0.05, 0) is 30.5 Å². The van der Waals surface area contributed by atoms with Gasteiger partial charge in [-0.2, -0.15) is 5.26 Å². The van der Waals surface area contributed by atoms with Gasteiger partial charge in [0.1, 0.15) is 17.4 Å². The molecule has 0 spiro atoms. The van der Waals surface area contributed by atoms with E-state index in [4.69, 9.17) is 0 Å². The molecule has 6 nitrogen and oxygen atoms in total. The third-order valence-corrected chi connectivity index (χ3v) is 6.11. The number of nitriles is 1. The number of fused-ring (bicyclic) bond motifs is 1. The predicted molar refractivity (Wildman–Crippen MR) is 115 cm³/mol. The molecular formula is C20H21IN6. The number of hydrogen-bond acceptors (Lipinski definition) is 5. The number of pyridine rings is 1. The highest BCUT2D eigenvalue weighted by Gasteiger charge is 2.28. The third-order valence-electron chi connectivity index (χ3n) is 5.09. The Balaban J connectivity index is 1.57. The molecule has 1 fully saturated rings. The first kappa shape index (κ1) is 18.2. The van der Waals surface area contributed by atoms with Gasteiger partial charge in [0, 0.05) is 35.8 Å². The highest BCUT2D eigenvalue weighted by molar-refractivity contribution is 14.1. The van der Waals surface area contributed by atoms with Gasteiger partial charge in [-0.3, -0.25) is 4.90 Å². The van der Waals surface area contributed by atoms with Crippen molar-refractivity contribution in [2.75, 3.05) is 18.4 Å². The SMILES string of the molecule is Cc1cc(C(C#N)N2CCC(I)C2)ccc1Nc1cc2c(cn1)ncn2C. The Kier molecular flexibility index (Phi) is 5.02. The number of aryl methyl sites for hydroxylation is 2. The molecule has 1 N–H and O–H groups in total. The molecule has 138 valence electrons. The molecule has 2 aromatic heterocycles. The van der Waals surface area contributed by atoms with E-state index < -0.39 is 0 Å². The Labute approximate surface area is 172 Å². The molecular weight excluding hydrogens is 451 g/mol. The number of alkyl halides is 1. The van der Waals surface area contributed by atoms with Crippen molar-refractivity contribution in [1.82, 2.24) is 19.4 Å². The maximum Gasteiger partial charge on any atom is 0.132 e. The van der Waals surface area contributed by atoms with E-state index in [9.17, 15) is 5.26 Å². The molecule has 27 heavy (non-hydrogen) atoms. The van der Waals surface area contributed by atoms with Crippen LogP contribution in [0.5, 0.6) is 0 Å². The van der Waals surface area contributed by atoms with Crippen molar-refractivity contribution in [2.45, 2.75) is 23.3 Å². The van der Waals surface area contributed by atoms with Crippen LogP contribution in [0.4, 0.5) is 11.5 Å². The average molecular weight is 472 g/mol. The summed E-state index contributed by atoms with van der Waals surface area (Å²) < 4.78 is 2.61. The molecule has 1 aliphatic rings. The van der Waals surface area contributed by atoms with Gasteiger partial charge in [-0.1, -0.05) is 34.7 Å². The average Bonchev–Trinajstić information content (AvgIpc) is 3.24. The number of hydrogen-bond donors (Lipinski definition) is 1. The second-order valence-electron chi connectivity index (χ2n) is 7.03. The number of likely N-dealkylation sites (tertiary alicyclic amines) is 1. The number of benzene rings is 1. The quantitative estimate of drug-likeness (QED) is 0.458. The third kappa shape index (κ3) is 3.64. The fourth-order valence-electron chi connectivity index (χ4n) is 3.58. The Bertz CT molecular complexity index is 1020. The number of nitrogens with zero attached hydrogens (tertiary/aromatic N) is 5. The van der Waals surface area contributed by atoms with E-state index in [-0.39, 0.29) is 6.04 Å². The van der Waals surface area contributed by atoms with Gasteiger partial charge in [0.15, 0.2) is 0 Å². The van der Waals surface area contributed by atoms with Gasteiger partial charge < -0.3 is 9.88 Å². The summed E-state index contributed by atoms with van der Waals surface area (Å²) in [5.41, 5.74) is 5.07.